The lowest BCUT2D eigenvalue weighted by atomic mass is 10.0. The van der Waals surface area contributed by atoms with Crippen molar-refractivity contribution in [3.05, 3.63) is 94.2 Å². The molecule has 1 fully saturated rings. The zero-order chi connectivity index (χ0) is 23.7. The smallest absolute Gasteiger partial charge is 0.287 e. The van der Waals surface area contributed by atoms with Gasteiger partial charge >= 0.3 is 0 Å². The molecule has 0 radical (unpaired) electrons. The van der Waals surface area contributed by atoms with Gasteiger partial charge in [0, 0.05) is 43.5 Å². The zero-order valence-electron chi connectivity index (χ0n) is 18.8. The number of carbonyl (C=O) groups is 2. The highest BCUT2D eigenvalue weighted by Crippen LogP contribution is 2.39. The van der Waals surface area contributed by atoms with E-state index in [1.165, 1.54) is 17.0 Å². The van der Waals surface area contributed by atoms with Crippen molar-refractivity contribution in [3.63, 3.8) is 0 Å². The number of fused-ring (bicyclic) bond motifs is 1. The number of carbonyl (C=O) groups excluding carboxylic acids is 2. The first-order chi connectivity index (χ1) is 16.5. The number of piperazine rings is 1. The maximum Gasteiger partial charge on any atom is 0.287 e. The Hall–Kier alpha value is -3.98. The van der Waals surface area contributed by atoms with Crippen LogP contribution in [0.1, 0.15) is 28.4 Å². The van der Waals surface area contributed by atoms with Crippen LogP contribution in [0.15, 0.2) is 72.9 Å². The van der Waals surface area contributed by atoms with Crippen molar-refractivity contribution in [1.29, 1.82) is 0 Å². The average molecular weight is 494 g/mol. The number of halogens is 1. The number of aromatic nitrogens is 1. The fraction of sp³-hybridized carbons (Fsp3) is 0.240. The van der Waals surface area contributed by atoms with Gasteiger partial charge in [-0.25, -0.2) is 4.98 Å². The van der Waals surface area contributed by atoms with Crippen molar-refractivity contribution in [2.45, 2.75) is 12.5 Å². The molecule has 1 unspecified atom stereocenters. The largest absolute Gasteiger partial charge is 0.368 e. The van der Waals surface area contributed by atoms with E-state index in [-0.39, 0.29) is 36.3 Å². The van der Waals surface area contributed by atoms with Gasteiger partial charge in [0.15, 0.2) is 0 Å². The maximum atomic E-state index is 13.3. The fourth-order valence-corrected chi connectivity index (χ4v) is 4.63. The van der Waals surface area contributed by atoms with E-state index in [0.29, 0.717) is 24.5 Å². The third kappa shape index (κ3) is 4.67. The second kappa shape index (κ2) is 10.1. The van der Waals surface area contributed by atoms with Gasteiger partial charge < -0.3 is 9.80 Å². The van der Waals surface area contributed by atoms with E-state index in [1.54, 1.807) is 12.1 Å². The number of nitrogens with zero attached hydrogens (tertiary/aromatic N) is 5. The maximum absolute atomic E-state index is 13.3. The second-order valence-corrected chi connectivity index (χ2v) is 8.32. The van der Waals surface area contributed by atoms with Crippen LogP contribution in [0.4, 0.5) is 17.2 Å². The molecule has 10 heteroatoms. The summed E-state index contributed by atoms with van der Waals surface area (Å²) in [5.74, 6) is -0.00345. The van der Waals surface area contributed by atoms with Gasteiger partial charge in [0.2, 0.25) is 5.91 Å². The van der Waals surface area contributed by atoms with Crippen LogP contribution in [0.2, 0.25) is 0 Å². The van der Waals surface area contributed by atoms with Gasteiger partial charge in [-0.1, -0.05) is 36.4 Å². The van der Waals surface area contributed by atoms with E-state index >= 15 is 0 Å². The molecule has 2 aliphatic rings. The first-order valence-corrected chi connectivity index (χ1v) is 11.1. The molecule has 180 valence electrons. The van der Waals surface area contributed by atoms with Crippen molar-refractivity contribution < 1.29 is 14.5 Å². The lowest BCUT2D eigenvalue weighted by Crippen LogP contribution is -2.49. The van der Waals surface area contributed by atoms with Crippen molar-refractivity contribution in [2.24, 2.45) is 0 Å². The number of anilines is 2. The molecule has 3 aromatic rings. The number of nitro groups is 1. The molecule has 9 nitrogen and oxygen atoms in total. The van der Waals surface area contributed by atoms with E-state index in [4.69, 9.17) is 0 Å². The number of pyridine rings is 1. The second-order valence-electron chi connectivity index (χ2n) is 8.32. The molecule has 0 spiro atoms. The monoisotopic (exact) mass is 493 g/mol. The van der Waals surface area contributed by atoms with Crippen LogP contribution in [0, 0.1) is 10.1 Å². The molecule has 0 aliphatic carbocycles. The van der Waals surface area contributed by atoms with E-state index in [2.05, 4.69) is 22.0 Å². The number of para-hydroxylation sites is 1. The van der Waals surface area contributed by atoms with Crippen molar-refractivity contribution in [2.75, 3.05) is 36.0 Å². The van der Waals surface area contributed by atoms with Gasteiger partial charge in [-0.15, -0.1) is 12.4 Å². The topological polar surface area (TPSA) is 99.9 Å². The molecule has 3 heterocycles. The molecule has 0 bridgehead atoms. The normalized spacial score (nSPS) is 17.1. The third-order valence-electron chi connectivity index (χ3n) is 6.39. The summed E-state index contributed by atoms with van der Waals surface area (Å²) in [5, 5.41) is 11.0. The standard InChI is InChI=1S/C25H23N5O4.ClH/c31-24(28-14-12-27(13-15-28)18-6-2-1-3-7-18)16-22-20-8-4-5-9-21(20)25(32)29(22)23-11-10-19(17-26-23)30(33)34;/h1-11,17,22H,12-16H2;1H. The number of rotatable bonds is 5. The molecule has 2 aromatic carbocycles. The predicted molar refractivity (Wildman–Crippen MR) is 134 cm³/mol. The molecule has 1 saturated heterocycles. The van der Waals surface area contributed by atoms with Crippen molar-refractivity contribution in [1.82, 2.24) is 9.88 Å². The molecule has 35 heavy (non-hydrogen) atoms. The molecule has 0 saturated carbocycles. The lowest BCUT2D eigenvalue weighted by molar-refractivity contribution is -0.385. The number of hydrogen-bond acceptors (Lipinski definition) is 6. The van der Waals surface area contributed by atoms with Crippen molar-refractivity contribution >= 4 is 41.4 Å². The van der Waals surface area contributed by atoms with Crippen LogP contribution in [0.5, 0.6) is 0 Å². The highest BCUT2D eigenvalue weighted by Gasteiger charge is 2.40. The lowest BCUT2D eigenvalue weighted by Gasteiger charge is -2.37. The number of hydrogen-bond donors (Lipinski definition) is 0. The van der Waals surface area contributed by atoms with E-state index in [1.807, 2.05) is 35.2 Å². The van der Waals surface area contributed by atoms with Crippen LogP contribution in [0.3, 0.4) is 0 Å². The summed E-state index contributed by atoms with van der Waals surface area (Å²) >= 11 is 0. The van der Waals surface area contributed by atoms with Crippen LogP contribution >= 0.6 is 12.4 Å². The average Bonchev–Trinajstić information content (AvgIpc) is 3.16. The summed E-state index contributed by atoms with van der Waals surface area (Å²) in [6.45, 7) is 2.69. The molecule has 1 aromatic heterocycles. The third-order valence-corrected chi connectivity index (χ3v) is 6.39. The van der Waals surface area contributed by atoms with Gasteiger partial charge in [-0.2, -0.15) is 0 Å². The highest BCUT2D eigenvalue weighted by molar-refractivity contribution is 6.11. The Morgan fingerprint density at radius 3 is 2.31 bits per heavy atom. The molecule has 0 N–H and O–H groups in total. The Labute approximate surface area is 208 Å². The predicted octanol–water partition coefficient (Wildman–Crippen LogP) is 3.85. The van der Waals surface area contributed by atoms with Gasteiger partial charge in [0.1, 0.15) is 12.0 Å². The first-order valence-electron chi connectivity index (χ1n) is 11.1. The molecule has 5 rings (SSSR count). The Morgan fingerprint density at radius 2 is 1.66 bits per heavy atom. The Bertz CT molecular complexity index is 1230. The van der Waals surface area contributed by atoms with Gasteiger partial charge in [-0.3, -0.25) is 24.6 Å². The molecule has 1 atom stereocenters. The fourth-order valence-electron chi connectivity index (χ4n) is 4.63. The molecule has 2 aliphatic heterocycles. The van der Waals surface area contributed by atoms with Crippen LogP contribution < -0.4 is 9.80 Å². The van der Waals surface area contributed by atoms with E-state index in [9.17, 15) is 19.7 Å². The summed E-state index contributed by atoms with van der Waals surface area (Å²) in [6, 6.07) is 19.6. The van der Waals surface area contributed by atoms with Crippen LogP contribution in [-0.2, 0) is 4.79 Å². The van der Waals surface area contributed by atoms with Crippen LogP contribution in [-0.4, -0.2) is 52.8 Å². The summed E-state index contributed by atoms with van der Waals surface area (Å²) in [7, 11) is 0. The van der Waals surface area contributed by atoms with Crippen LogP contribution in [0.25, 0.3) is 0 Å². The Balaban J connectivity index is 0.00000289. The minimum Gasteiger partial charge on any atom is -0.368 e. The number of amides is 2. The summed E-state index contributed by atoms with van der Waals surface area (Å²) in [6.07, 6.45) is 1.25. The molecular weight excluding hydrogens is 470 g/mol. The minimum atomic E-state index is -0.534. The molecular formula is C25H24ClN5O4. The summed E-state index contributed by atoms with van der Waals surface area (Å²) < 4.78 is 0. The zero-order valence-corrected chi connectivity index (χ0v) is 19.6. The SMILES string of the molecule is Cl.O=C(CC1c2ccccc2C(=O)N1c1ccc([N+](=O)[O-])cn1)N1CCN(c2ccccc2)CC1. The molecule has 2 amide bonds. The number of benzene rings is 2. The summed E-state index contributed by atoms with van der Waals surface area (Å²) in [4.78, 5) is 46.7. The van der Waals surface area contributed by atoms with Crippen molar-refractivity contribution in [3.8, 4) is 0 Å². The minimum absolute atomic E-state index is 0. The van der Waals surface area contributed by atoms with Gasteiger partial charge in [0.25, 0.3) is 11.6 Å². The summed E-state index contributed by atoms with van der Waals surface area (Å²) in [5.41, 5.74) is 2.27. The van der Waals surface area contributed by atoms with Gasteiger partial charge in [0.05, 0.1) is 17.4 Å². The Kier molecular flexibility index (Phi) is 6.97. The highest BCUT2D eigenvalue weighted by atomic mass is 35.5. The van der Waals surface area contributed by atoms with Gasteiger partial charge in [-0.05, 0) is 29.8 Å². The quantitative estimate of drug-likeness (QED) is 0.395. The van der Waals surface area contributed by atoms with E-state index < -0.39 is 11.0 Å². The van der Waals surface area contributed by atoms with E-state index in [0.717, 1.165) is 30.5 Å². The first kappa shape index (κ1) is 24.2. The Morgan fingerprint density at radius 1 is 0.971 bits per heavy atom.